The Labute approximate surface area is 138 Å². The zero-order valence-electron chi connectivity index (χ0n) is 13.2. The summed E-state index contributed by atoms with van der Waals surface area (Å²) in [6.07, 6.45) is 6.96. The van der Waals surface area contributed by atoms with Crippen molar-refractivity contribution in [2.75, 3.05) is 16.8 Å². The minimum Gasteiger partial charge on any atom is -0.381 e. The molecule has 3 rings (SSSR count). The van der Waals surface area contributed by atoms with Gasteiger partial charge in [0.05, 0.1) is 0 Å². The van der Waals surface area contributed by atoms with Crippen molar-refractivity contribution in [3.63, 3.8) is 0 Å². The van der Waals surface area contributed by atoms with E-state index >= 15 is 0 Å². The molecule has 0 radical (unpaired) electrons. The molecular weight excluding hydrogens is 294 g/mol. The lowest BCUT2D eigenvalue weighted by Crippen LogP contribution is -2.41. The second-order valence-corrected chi connectivity index (χ2v) is 9.58. The summed E-state index contributed by atoms with van der Waals surface area (Å²) >= 11 is 4.16. The maximum Gasteiger partial charge on any atom is 0.0403 e. The van der Waals surface area contributed by atoms with Crippen LogP contribution in [0.15, 0.2) is 29.2 Å². The Hall–Kier alpha value is -0.280. The van der Waals surface area contributed by atoms with Crippen LogP contribution in [-0.2, 0) is 0 Å². The van der Waals surface area contributed by atoms with E-state index in [9.17, 15) is 0 Å². The van der Waals surface area contributed by atoms with Gasteiger partial charge in [-0.3, -0.25) is 0 Å². The Balaban J connectivity index is 1.58. The number of anilines is 1. The van der Waals surface area contributed by atoms with Crippen molar-refractivity contribution in [1.29, 1.82) is 0 Å². The Morgan fingerprint density at radius 1 is 1.14 bits per heavy atom. The van der Waals surface area contributed by atoms with Crippen LogP contribution in [0.1, 0.15) is 46.0 Å². The van der Waals surface area contributed by atoms with E-state index in [-0.39, 0.29) is 0 Å². The molecule has 1 unspecified atom stereocenters. The van der Waals surface area contributed by atoms with Crippen molar-refractivity contribution >= 4 is 29.2 Å². The third-order valence-corrected chi connectivity index (χ3v) is 7.33. The van der Waals surface area contributed by atoms with Crippen LogP contribution in [0.3, 0.4) is 0 Å². The molecule has 1 aromatic carbocycles. The van der Waals surface area contributed by atoms with Crippen LogP contribution in [-0.4, -0.2) is 22.8 Å². The fourth-order valence-electron chi connectivity index (χ4n) is 3.20. The highest BCUT2D eigenvalue weighted by atomic mass is 32.2. The molecule has 1 atom stereocenters. The van der Waals surface area contributed by atoms with Crippen LogP contribution >= 0.6 is 23.5 Å². The molecule has 1 aliphatic heterocycles. The van der Waals surface area contributed by atoms with Gasteiger partial charge in [-0.25, -0.2) is 0 Å². The molecule has 0 spiro atoms. The van der Waals surface area contributed by atoms with Crippen LogP contribution in [0.25, 0.3) is 0 Å². The van der Waals surface area contributed by atoms with Crippen molar-refractivity contribution in [1.82, 2.24) is 0 Å². The first kappa shape index (κ1) is 15.6. The maximum atomic E-state index is 3.76. The Kier molecular flexibility index (Phi) is 5.11. The van der Waals surface area contributed by atoms with E-state index in [1.54, 1.807) is 0 Å². The molecule has 116 valence electrons. The van der Waals surface area contributed by atoms with E-state index in [0.717, 1.165) is 5.25 Å². The van der Waals surface area contributed by atoms with E-state index in [0.29, 0.717) is 11.5 Å². The van der Waals surface area contributed by atoms with Gasteiger partial charge in [0.1, 0.15) is 0 Å². The van der Waals surface area contributed by atoms with E-state index in [1.807, 2.05) is 0 Å². The smallest absolute Gasteiger partial charge is 0.0403 e. The van der Waals surface area contributed by atoms with Gasteiger partial charge in [0.2, 0.25) is 0 Å². The lowest BCUT2D eigenvalue weighted by molar-refractivity contribution is 0.305. The summed E-state index contributed by atoms with van der Waals surface area (Å²) < 4.78 is 0. The highest BCUT2D eigenvalue weighted by Gasteiger charge is 2.32. The summed E-state index contributed by atoms with van der Waals surface area (Å²) in [7, 11) is 0. The molecule has 3 heteroatoms. The van der Waals surface area contributed by atoms with E-state index in [2.05, 4.69) is 67.0 Å². The molecule has 1 saturated heterocycles. The first-order valence-corrected chi connectivity index (χ1v) is 10.3. The summed E-state index contributed by atoms with van der Waals surface area (Å²) in [6.45, 7) is 4.80. The zero-order chi connectivity index (χ0) is 14.7. The van der Waals surface area contributed by atoms with Crippen molar-refractivity contribution in [2.45, 2.75) is 62.1 Å². The molecule has 2 aliphatic rings. The summed E-state index contributed by atoms with van der Waals surface area (Å²) in [6, 6.07) is 9.73. The molecule has 1 nitrogen and oxygen atoms in total. The molecule has 0 amide bonds. The second-order valence-electron chi connectivity index (χ2n) is 7.06. The molecule has 1 saturated carbocycles. The monoisotopic (exact) mass is 321 g/mol. The predicted molar refractivity (Wildman–Crippen MR) is 97.7 cm³/mol. The van der Waals surface area contributed by atoms with Crippen LogP contribution in [0.2, 0.25) is 0 Å². The second kappa shape index (κ2) is 6.87. The first-order valence-electron chi connectivity index (χ1n) is 8.24. The van der Waals surface area contributed by atoms with E-state index < -0.39 is 0 Å². The highest BCUT2D eigenvalue weighted by Crippen LogP contribution is 2.37. The van der Waals surface area contributed by atoms with Crippen molar-refractivity contribution in [3.05, 3.63) is 24.3 Å². The van der Waals surface area contributed by atoms with Gasteiger partial charge in [0, 0.05) is 27.6 Å². The SMILES string of the molecule is CC1(C)CCSCC1Nc1ccc(SC2CCCC2)cc1. The van der Waals surface area contributed by atoms with Crippen molar-refractivity contribution in [3.8, 4) is 0 Å². The third-order valence-electron chi connectivity index (χ3n) is 4.92. The maximum absolute atomic E-state index is 3.76. The first-order chi connectivity index (χ1) is 10.1. The zero-order valence-corrected chi connectivity index (χ0v) is 14.9. The van der Waals surface area contributed by atoms with Gasteiger partial charge in [0.25, 0.3) is 0 Å². The highest BCUT2D eigenvalue weighted by molar-refractivity contribution is 8.00. The van der Waals surface area contributed by atoms with Gasteiger partial charge in [-0.2, -0.15) is 11.8 Å². The largest absolute Gasteiger partial charge is 0.381 e. The number of thioether (sulfide) groups is 2. The van der Waals surface area contributed by atoms with Gasteiger partial charge < -0.3 is 5.32 Å². The molecule has 0 bridgehead atoms. The van der Waals surface area contributed by atoms with E-state index in [1.165, 1.54) is 54.2 Å². The van der Waals surface area contributed by atoms with Crippen LogP contribution < -0.4 is 5.32 Å². The minimum atomic E-state index is 0.405. The normalized spacial score (nSPS) is 25.9. The van der Waals surface area contributed by atoms with Gasteiger partial charge in [0.15, 0.2) is 0 Å². The average Bonchev–Trinajstić information content (AvgIpc) is 2.96. The summed E-state index contributed by atoms with van der Waals surface area (Å²) in [5.74, 6) is 2.54. The Morgan fingerprint density at radius 2 is 1.86 bits per heavy atom. The molecule has 1 N–H and O–H groups in total. The minimum absolute atomic E-state index is 0.405. The van der Waals surface area contributed by atoms with Crippen LogP contribution in [0, 0.1) is 5.41 Å². The fourth-order valence-corrected chi connectivity index (χ4v) is 6.06. The van der Waals surface area contributed by atoms with E-state index in [4.69, 9.17) is 0 Å². The molecule has 1 aliphatic carbocycles. The van der Waals surface area contributed by atoms with Gasteiger partial charge in [-0.05, 0) is 54.7 Å². The number of hydrogen-bond acceptors (Lipinski definition) is 3. The molecule has 1 heterocycles. The topological polar surface area (TPSA) is 12.0 Å². The predicted octanol–water partition coefficient (Wildman–Crippen LogP) is 5.66. The van der Waals surface area contributed by atoms with Gasteiger partial charge >= 0.3 is 0 Å². The Morgan fingerprint density at radius 3 is 2.52 bits per heavy atom. The van der Waals surface area contributed by atoms with Gasteiger partial charge in [-0.1, -0.05) is 26.7 Å². The number of hydrogen-bond donors (Lipinski definition) is 1. The lowest BCUT2D eigenvalue weighted by atomic mass is 9.82. The molecule has 1 aromatic rings. The molecule has 21 heavy (non-hydrogen) atoms. The molecule has 0 aromatic heterocycles. The molecule has 2 fully saturated rings. The summed E-state index contributed by atoms with van der Waals surface area (Å²) in [5.41, 5.74) is 1.69. The van der Waals surface area contributed by atoms with Crippen LogP contribution in [0.4, 0.5) is 5.69 Å². The van der Waals surface area contributed by atoms with Crippen LogP contribution in [0.5, 0.6) is 0 Å². The standard InChI is InChI=1S/C18H27NS2/c1-18(2)11-12-20-13-17(18)19-14-7-9-16(10-8-14)21-15-5-3-4-6-15/h7-10,15,17,19H,3-6,11-13H2,1-2H3. The quantitative estimate of drug-likeness (QED) is 0.768. The third kappa shape index (κ3) is 4.13. The van der Waals surface area contributed by atoms with Crippen molar-refractivity contribution in [2.24, 2.45) is 5.41 Å². The summed E-state index contributed by atoms with van der Waals surface area (Å²) in [5, 5.41) is 4.62. The lowest BCUT2D eigenvalue weighted by Gasteiger charge is -2.39. The summed E-state index contributed by atoms with van der Waals surface area (Å²) in [4.78, 5) is 1.43. The number of nitrogens with one attached hydrogen (secondary N) is 1. The average molecular weight is 322 g/mol. The number of benzene rings is 1. The van der Waals surface area contributed by atoms with Gasteiger partial charge in [-0.15, -0.1) is 11.8 Å². The molecular formula is C18H27NS2. The number of rotatable bonds is 4. The Bertz CT molecular complexity index is 449. The van der Waals surface area contributed by atoms with Crippen molar-refractivity contribution < 1.29 is 0 Å². The fraction of sp³-hybridized carbons (Fsp3) is 0.667.